The minimum atomic E-state index is -1.99. The zero-order chi connectivity index (χ0) is 28.1. The van der Waals surface area contributed by atoms with Crippen LogP contribution in [0, 0.1) is 14.0 Å². The molecule has 0 spiro atoms. The molecule has 3 aromatic rings. The summed E-state index contributed by atoms with van der Waals surface area (Å²) in [6.45, 7) is 4.66. The predicted octanol–water partition coefficient (Wildman–Crippen LogP) is 1.17. The number of hydrogen-bond donors (Lipinski definition) is 2. The van der Waals surface area contributed by atoms with Gasteiger partial charge in [0.15, 0.2) is 11.2 Å². The van der Waals surface area contributed by atoms with Crippen molar-refractivity contribution in [2.75, 3.05) is 20.7 Å². The Bertz CT molecular complexity index is 1430. The summed E-state index contributed by atoms with van der Waals surface area (Å²) in [5.74, 6) is 0.469. The van der Waals surface area contributed by atoms with E-state index in [2.05, 4.69) is 23.7 Å². The number of benzene rings is 1. The van der Waals surface area contributed by atoms with Crippen molar-refractivity contribution >= 4 is 40.5 Å². The molecule has 3 N–H and O–H groups in total. The number of aldehydes is 1. The number of carbonyl (C=O) groups excluding carboxylic acids is 2. The fraction of sp³-hybridized carbons (Fsp3) is 0.345. The van der Waals surface area contributed by atoms with Crippen molar-refractivity contribution in [1.29, 1.82) is 0 Å². The normalized spacial score (nSPS) is 15.4. The maximum Gasteiger partial charge on any atom is 1.00 e. The van der Waals surface area contributed by atoms with Gasteiger partial charge < -0.3 is 21.1 Å². The quantitative estimate of drug-likeness (QED) is 0.254. The van der Waals surface area contributed by atoms with Crippen LogP contribution in [0.3, 0.4) is 0 Å². The first-order chi connectivity index (χ1) is 18.8. The van der Waals surface area contributed by atoms with Crippen LogP contribution in [-0.2, 0) is 22.5 Å². The van der Waals surface area contributed by atoms with Crippen molar-refractivity contribution < 1.29 is 69.9 Å². The Morgan fingerprint density at radius 1 is 1.27 bits per heavy atom. The van der Waals surface area contributed by atoms with Gasteiger partial charge in [0.1, 0.15) is 23.4 Å². The molecule has 1 aliphatic heterocycles. The number of allylic oxidation sites excluding steroid dienone is 1. The fourth-order valence-corrected chi connectivity index (χ4v) is 5.55. The number of nitrogens with one attached hydrogen (secondary N) is 1. The average Bonchev–Trinajstić information content (AvgIpc) is 3.15. The first-order valence-electron chi connectivity index (χ1n) is 12.9. The number of carbonyl (C=O) groups is 2. The van der Waals surface area contributed by atoms with E-state index >= 15 is 0 Å². The number of nitrogens with zero attached hydrogens (tertiary/aromatic N) is 3. The van der Waals surface area contributed by atoms with Crippen LogP contribution in [0.15, 0.2) is 35.9 Å². The number of pyridine rings is 1. The van der Waals surface area contributed by atoms with Gasteiger partial charge >= 0.3 is 51.4 Å². The number of hydrogen-bond acceptors (Lipinski definition) is 6. The summed E-state index contributed by atoms with van der Waals surface area (Å²) in [6.07, 6.45) is 8.48. The molecule has 3 heterocycles. The molecule has 1 fully saturated rings. The summed E-state index contributed by atoms with van der Waals surface area (Å²) in [6, 6.07) is 9.45. The van der Waals surface area contributed by atoms with Crippen LogP contribution in [0.4, 0.5) is 0 Å². The SMILES string of the molecule is COc1ccc2c(c1)C=C(C=O)Cn1c-2c(C2CCCCC2)c2ccc(C(=O)NS(N)=O)nc21.[CH2-]CN([CH2-])C.[K+]. The number of aromatic nitrogens is 2. The summed E-state index contributed by atoms with van der Waals surface area (Å²) >= 11 is -1.99. The van der Waals surface area contributed by atoms with E-state index in [0.29, 0.717) is 23.7 Å². The third-order valence-electron chi connectivity index (χ3n) is 7.11. The van der Waals surface area contributed by atoms with E-state index in [-0.39, 0.29) is 57.1 Å². The number of amides is 1. The van der Waals surface area contributed by atoms with Crippen molar-refractivity contribution in [1.82, 2.24) is 19.2 Å². The molecule has 40 heavy (non-hydrogen) atoms. The zero-order valence-corrected chi connectivity index (χ0v) is 27.4. The molecular weight excluding hydrogens is 554 g/mol. The van der Waals surface area contributed by atoms with Crippen molar-refractivity contribution in [2.45, 2.75) is 44.6 Å². The van der Waals surface area contributed by atoms with Crippen LogP contribution in [0.2, 0.25) is 0 Å². The van der Waals surface area contributed by atoms with Crippen LogP contribution >= 0.6 is 0 Å². The molecule has 1 unspecified atom stereocenters. The minimum absolute atomic E-state index is 0. The van der Waals surface area contributed by atoms with Gasteiger partial charge in [-0.1, -0.05) is 19.3 Å². The van der Waals surface area contributed by atoms with E-state index in [9.17, 15) is 13.8 Å². The van der Waals surface area contributed by atoms with Crippen LogP contribution < -0.4 is 66.0 Å². The first kappa shape index (κ1) is 32.8. The second-order valence-electron chi connectivity index (χ2n) is 9.85. The van der Waals surface area contributed by atoms with E-state index in [1.165, 1.54) is 24.8 Å². The number of fused-ring (bicyclic) bond motifs is 5. The van der Waals surface area contributed by atoms with Crippen LogP contribution in [0.1, 0.15) is 59.6 Å². The van der Waals surface area contributed by atoms with Crippen LogP contribution in [0.25, 0.3) is 28.4 Å². The second kappa shape index (κ2) is 15.0. The molecule has 1 saturated carbocycles. The van der Waals surface area contributed by atoms with E-state index in [1.807, 2.05) is 42.0 Å². The number of nitrogens with two attached hydrogens (primary N) is 1. The van der Waals surface area contributed by atoms with Crippen LogP contribution in [0.5, 0.6) is 5.75 Å². The Morgan fingerprint density at radius 3 is 2.58 bits per heavy atom. The molecule has 2 aliphatic rings. The largest absolute Gasteiger partial charge is 1.00 e. The maximum absolute atomic E-state index is 12.5. The Morgan fingerprint density at radius 2 is 1.98 bits per heavy atom. The Hall–Kier alpha value is -1.70. The van der Waals surface area contributed by atoms with Gasteiger partial charge in [-0.25, -0.2) is 14.3 Å². The number of methoxy groups -OCH3 is 1. The van der Waals surface area contributed by atoms with Gasteiger partial charge in [-0.05, 0) is 73.3 Å². The third-order valence-corrected chi connectivity index (χ3v) is 7.50. The van der Waals surface area contributed by atoms with Gasteiger partial charge in [0.25, 0.3) is 5.91 Å². The van der Waals surface area contributed by atoms with E-state index < -0.39 is 17.1 Å². The number of rotatable bonds is 6. The molecule has 0 bridgehead atoms. The van der Waals surface area contributed by atoms with Gasteiger partial charge in [-0.15, -0.1) is 0 Å². The molecule has 1 aliphatic carbocycles. The molecule has 0 radical (unpaired) electrons. The van der Waals surface area contributed by atoms with Gasteiger partial charge in [-0.2, -0.15) is 6.54 Å². The second-order valence-corrected chi connectivity index (χ2v) is 10.6. The molecular formula is C29H35KN5O4S-. The van der Waals surface area contributed by atoms with Crippen molar-refractivity contribution in [3.63, 3.8) is 0 Å². The summed E-state index contributed by atoms with van der Waals surface area (Å²) in [4.78, 5) is 30.9. The van der Waals surface area contributed by atoms with Gasteiger partial charge in [-0.3, -0.25) is 21.4 Å². The van der Waals surface area contributed by atoms with Gasteiger partial charge in [0.2, 0.25) is 0 Å². The molecule has 5 rings (SSSR count). The molecule has 0 saturated heterocycles. The van der Waals surface area contributed by atoms with Gasteiger partial charge in [0, 0.05) is 16.5 Å². The molecule has 1 aromatic carbocycles. The molecule has 1 amide bonds. The average molecular weight is 589 g/mol. The fourth-order valence-electron chi connectivity index (χ4n) is 5.26. The Labute approximate surface area is 281 Å². The van der Waals surface area contributed by atoms with Crippen molar-refractivity contribution in [2.24, 2.45) is 5.14 Å². The summed E-state index contributed by atoms with van der Waals surface area (Å²) < 4.78 is 21.0. The van der Waals surface area contributed by atoms with E-state index in [0.717, 1.165) is 53.6 Å². The van der Waals surface area contributed by atoms with Crippen LogP contribution in [-0.4, -0.2) is 51.6 Å². The maximum atomic E-state index is 12.5. The molecule has 11 heteroatoms. The Kier molecular flexibility index (Phi) is 12.3. The van der Waals surface area contributed by atoms with E-state index in [4.69, 9.17) is 9.88 Å². The minimum Gasteiger partial charge on any atom is -0.497 e. The summed E-state index contributed by atoms with van der Waals surface area (Å²) in [5.41, 5.74) is 5.51. The zero-order valence-electron chi connectivity index (χ0n) is 23.4. The standard InChI is InChI=1S/C25H26N4O4S.C4H9N.K/c1-33-18-7-8-19-17(12-18)11-15(14-30)13-29-23(19)22(16-5-3-2-4-6-16)20-9-10-21(27-24(20)29)25(31)28-34(26)32;1-4-5(2)3;/h7-12,14,16H,2-6,13,26H2,1H3,(H,28,31);1-2,4H2,3H3;/q;-2;+1. The summed E-state index contributed by atoms with van der Waals surface area (Å²) in [7, 11) is 7.03. The molecule has 208 valence electrons. The van der Waals surface area contributed by atoms with Gasteiger partial charge in [0.05, 0.1) is 19.3 Å². The number of ether oxygens (including phenoxy) is 1. The first-order valence-corrected chi connectivity index (χ1v) is 14.1. The Balaban J connectivity index is 0.000000677. The summed E-state index contributed by atoms with van der Waals surface area (Å²) in [5, 5.41) is 6.21. The molecule has 1 atom stereocenters. The monoisotopic (exact) mass is 588 g/mol. The van der Waals surface area contributed by atoms with E-state index in [1.54, 1.807) is 18.1 Å². The predicted molar refractivity (Wildman–Crippen MR) is 155 cm³/mol. The molecule has 2 aromatic heterocycles. The van der Waals surface area contributed by atoms with Crippen molar-refractivity contribution in [3.8, 4) is 17.0 Å². The smallest absolute Gasteiger partial charge is 0.497 e. The third kappa shape index (κ3) is 7.38. The van der Waals surface area contributed by atoms with Crippen molar-refractivity contribution in [3.05, 3.63) is 66.7 Å². The molecule has 9 nitrogen and oxygen atoms in total. The topological polar surface area (TPSA) is 120 Å².